The van der Waals surface area contributed by atoms with Gasteiger partial charge in [-0.2, -0.15) is 0 Å². The number of hydrogen-bond acceptors (Lipinski definition) is 3. The molecule has 0 aliphatic heterocycles. The average molecular weight is 359 g/mol. The molecule has 1 heterocycles. The SMILES string of the molecule is c1cc(OCc2ccncc2)cc(Oc2ccc(C3CCCCC3)cc2)c1. The van der Waals surface area contributed by atoms with Gasteiger partial charge in [0.15, 0.2) is 0 Å². The monoisotopic (exact) mass is 359 g/mol. The minimum absolute atomic E-state index is 0.516. The highest BCUT2D eigenvalue weighted by Crippen LogP contribution is 2.34. The highest BCUT2D eigenvalue weighted by molar-refractivity contribution is 5.38. The maximum Gasteiger partial charge on any atom is 0.131 e. The molecule has 0 spiro atoms. The van der Waals surface area contributed by atoms with E-state index in [1.165, 1.54) is 37.7 Å². The number of aromatic nitrogens is 1. The number of ether oxygens (including phenoxy) is 2. The van der Waals surface area contributed by atoms with Crippen LogP contribution in [0.5, 0.6) is 17.2 Å². The van der Waals surface area contributed by atoms with E-state index in [2.05, 4.69) is 29.2 Å². The van der Waals surface area contributed by atoms with Crippen LogP contribution in [0.25, 0.3) is 0 Å². The van der Waals surface area contributed by atoms with Crippen LogP contribution in [0, 0.1) is 0 Å². The van der Waals surface area contributed by atoms with Gasteiger partial charge in [0.05, 0.1) is 0 Å². The van der Waals surface area contributed by atoms with Crippen molar-refractivity contribution in [2.24, 2.45) is 0 Å². The first-order chi connectivity index (χ1) is 13.4. The lowest BCUT2D eigenvalue weighted by molar-refractivity contribution is 0.304. The molecule has 0 radical (unpaired) electrons. The Labute approximate surface area is 161 Å². The summed E-state index contributed by atoms with van der Waals surface area (Å²) in [5, 5.41) is 0. The van der Waals surface area contributed by atoms with Gasteiger partial charge in [0.1, 0.15) is 23.9 Å². The quantitative estimate of drug-likeness (QED) is 0.503. The van der Waals surface area contributed by atoms with Gasteiger partial charge in [0.2, 0.25) is 0 Å². The van der Waals surface area contributed by atoms with Crippen molar-refractivity contribution in [1.29, 1.82) is 0 Å². The van der Waals surface area contributed by atoms with E-state index in [-0.39, 0.29) is 0 Å². The Morgan fingerprint density at radius 1 is 0.778 bits per heavy atom. The smallest absolute Gasteiger partial charge is 0.131 e. The third-order valence-electron chi connectivity index (χ3n) is 5.15. The topological polar surface area (TPSA) is 31.4 Å². The van der Waals surface area contributed by atoms with Crippen molar-refractivity contribution in [1.82, 2.24) is 4.98 Å². The summed E-state index contributed by atoms with van der Waals surface area (Å²) < 4.78 is 11.9. The average Bonchev–Trinajstić information content (AvgIpc) is 2.75. The predicted octanol–water partition coefficient (Wildman–Crippen LogP) is 6.50. The van der Waals surface area contributed by atoms with Crippen molar-refractivity contribution in [3.05, 3.63) is 84.2 Å². The number of benzene rings is 2. The fraction of sp³-hybridized carbons (Fsp3) is 0.292. The van der Waals surface area contributed by atoms with Gasteiger partial charge in [-0.1, -0.05) is 37.5 Å². The summed E-state index contributed by atoms with van der Waals surface area (Å²) in [6.07, 6.45) is 10.3. The zero-order chi connectivity index (χ0) is 18.3. The fourth-order valence-electron chi connectivity index (χ4n) is 3.65. The van der Waals surface area contributed by atoms with E-state index in [1.807, 2.05) is 36.4 Å². The molecule has 1 fully saturated rings. The zero-order valence-electron chi connectivity index (χ0n) is 15.5. The molecule has 4 rings (SSSR count). The Morgan fingerprint density at radius 3 is 2.30 bits per heavy atom. The molecule has 3 nitrogen and oxygen atoms in total. The molecule has 0 N–H and O–H groups in total. The van der Waals surface area contributed by atoms with Crippen LogP contribution in [0.2, 0.25) is 0 Å². The number of rotatable bonds is 6. The minimum Gasteiger partial charge on any atom is -0.489 e. The van der Waals surface area contributed by atoms with Gasteiger partial charge < -0.3 is 9.47 Å². The molecular formula is C24H25NO2. The molecule has 27 heavy (non-hydrogen) atoms. The van der Waals surface area contributed by atoms with Gasteiger partial charge in [-0.15, -0.1) is 0 Å². The lowest BCUT2D eigenvalue weighted by Gasteiger charge is -2.22. The Bertz CT molecular complexity index is 840. The van der Waals surface area contributed by atoms with E-state index in [1.54, 1.807) is 12.4 Å². The predicted molar refractivity (Wildman–Crippen MR) is 107 cm³/mol. The van der Waals surface area contributed by atoms with Crippen molar-refractivity contribution >= 4 is 0 Å². The second-order valence-electron chi connectivity index (χ2n) is 7.13. The van der Waals surface area contributed by atoms with Gasteiger partial charge in [0, 0.05) is 18.5 Å². The molecule has 138 valence electrons. The molecular weight excluding hydrogens is 334 g/mol. The molecule has 1 aliphatic rings. The lowest BCUT2D eigenvalue weighted by Crippen LogP contribution is -2.04. The Balaban J connectivity index is 1.37. The van der Waals surface area contributed by atoms with Gasteiger partial charge in [0.25, 0.3) is 0 Å². The summed E-state index contributed by atoms with van der Waals surface area (Å²) >= 11 is 0. The Kier molecular flexibility index (Phi) is 5.68. The largest absolute Gasteiger partial charge is 0.489 e. The summed E-state index contributed by atoms with van der Waals surface area (Å²) in [6, 6.07) is 20.3. The van der Waals surface area contributed by atoms with E-state index in [0.29, 0.717) is 6.61 Å². The highest BCUT2D eigenvalue weighted by Gasteiger charge is 2.15. The van der Waals surface area contributed by atoms with Gasteiger partial charge in [-0.25, -0.2) is 0 Å². The Hall–Kier alpha value is -2.81. The van der Waals surface area contributed by atoms with Crippen LogP contribution in [0.4, 0.5) is 0 Å². The molecule has 1 aromatic heterocycles. The van der Waals surface area contributed by atoms with Crippen molar-refractivity contribution < 1.29 is 9.47 Å². The molecule has 0 unspecified atom stereocenters. The van der Waals surface area contributed by atoms with Crippen molar-refractivity contribution in [2.75, 3.05) is 0 Å². The van der Waals surface area contributed by atoms with Crippen LogP contribution in [0.15, 0.2) is 73.1 Å². The first kappa shape index (κ1) is 17.6. The second kappa shape index (κ2) is 8.72. The van der Waals surface area contributed by atoms with E-state index in [4.69, 9.17) is 9.47 Å². The van der Waals surface area contributed by atoms with Crippen molar-refractivity contribution in [3.63, 3.8) is 0 Å². The summed E-state index contributed by atoms with van der Waals surface area (Å²) in [5.74, 6) is 3.16. The first-order valence-electron chi connectivity index (χ1n) is 9.76. The summed E-state index contributed by atoms with van der Waals surface area (Å²) in [7, 11) is 0. The standard InChI is InChI=1S/C24H25NO2/c1-2-5-20(6-3-1)21-9-11-22(12-10-21)27-24-8-4-7-23(17-24)26-18-19-13-15-25-16-14-19/h4,7-17,20H,1-3,5-6,18H2. The van der Waals surface area contributed by atoms with Crippen molar-refractivity contribution in [2.45, 2.75) is 44.6 Å². The lowest BCUT2D eigenvalue weighted by atomic mass is 9.84. The number of hydrogen-bond donors (Lipinski definition) is 0. The molecule has 1 saturated carbocycles. The molecule has 0 atom stereocenters. The van der Waals surface area contributed by atoms with Crippen LogP contribution in [0.1, 0.15) is 49.1 Å². The van der Waals surface area contributed by atoms with Crippen LogP contribution < -0.4 is 9.47 Å². The third kappa shape index (κ3) is 4.88. The van der Waals surface area contributed by atoms with E-state index < -0.39 is 0 Å². The zero-order valence-corrected chi connectivity index (χ0v) is 15.5. The van der Waals surface area contributed by atoms with Gasteiger partial charge in [-0.05, 0) is 66.3 Å². The Morgan fingerprint density at radius 2 is 1.52 bits per heavy atom. The van der Waals surface area contributed by atoms with Crippen molar-refractivity contribution in [3.8, 4) is 17.2 Å². The molecule has 0 saturated heterocycles. The van der Waals surface area contributed by atoms with Gasteiger partial charge in [-0.3, -0.25) is 4.98 Å². The maximum absolute atomic E-state index is 6.02. The van der Waals surface area contributed by atoms with Crippen LogP contribution >= 0.6 is 0 Å². The van der Waals surface area contributed by atoms with E-state index >= 15 is 0 Å². The van der Waals surface area contributed by atoms with E-state index in [0.717, 1.165) is 28.7 Å². The molecule has 0 bridgehead atoms. The maximum atomic E-state index is 6.02. The third-order valence-corrected chi connectivity index (χ3v) is 5.15. The van der Waals surface area contributed by atoms with Gasteiger partial charge >= 0.3 is 0 Å². The summed E-state index contributed by atoms with van der Waals surface area (Å²) in [6.45, 7) is 0.516. The second-order valence-corrected chi connectivity index (χ2v) is 7.13. The molecule has 3 aromatic rings. The van der Waals surface area contributed by atoms with E-state index in [9.17, 15) is 0 Å². The molecule has 0 amide bonds. The normalized spacial score (nSPS) is 14.7. The number of pyridine rings is 1. The van der Waals surface area contributed by atoms with Crippen LogP contribution in [-0.4, -0.2) is 4.98 Å². The summed E-state index contributed by atoms with van der Waals surface area (Å²) in [4.78, 5) is 4.02. The molecule has 2 aromatic carbocycles. The first-order valence-corrected chi connectivity index (χ1v) is 9.76. The highest BCUT2D eigenvalue weighted by atomic mass is 16.5. The minimum atomic E-state index is 0.516. The number of nitrogens with zero attached hydrogens (tertiary/aromatic N) is 1. The van der Waals surface area contributed by atoms with Crippen LogP contribution in [0.3, 0.4) is 0 Å². The summed E-state index contributed by atoms with van der Waals surface area (Å²) in [5.41, 5.74) is 2.53. The molecule has 3 heteroatoms. The fourth-order valence-corrected chi connectivity index (χ4v) is 3.65. The molecule has 1 aliphatic carbocycles. The van der Waals surface area contributed by atoms with Crippen LogP contribution in [-0.2, 0) is 6.61 Å².